The van der Waals surface area contributed by atoms with Crippen molar-refractivity contribution >= 4 is 29.9 Å². The second-order valence-electron chi connectivity index (χ2n) is 5.81. The Morgan fingerprint density at radius 1 is 1.12 bits per heavy atom. The summed E-state index contributed by atoms with van der Waals surface area (Å²) in [6.07, 6.45) is 5.17. The monoisotopic (exact) mass is 456 g/mol. The second-order valence-corrected chi connectivity index (χ2v) is 5.81. The van der Waals surface area contributed by atoms with Crippen molar-refractivity contribution in [1.82, 2.24) is 15.2 Å². The first kappa shape index (κ1) is 21.3. The van der Waals surface area contributed by atoms with E-state index >= 15 is 0 Å². The molecule has 138 valence electrons. The zero-order chi connectivity index (χ0) is 17.2. The first-order valence-corrected chi connectivity index (χ1v) is 8.42. The zero-order valence-electron chi connectivity index (χ0n) is 15.2. The molecule has 25 heavy (non-hydrogen) atoms. The molecule has 0 aliphatic heterocycles. The van der Waals surface area contributed by atoms with Gasteiger partial charge in [-0.15, -0.1) is 24.0 Å². The largest absolute Gasteiger partial charge is 0.497 e. The van der Waals surface area contributed by atoms with Gasteiger partial charge in [-0.1, -0.05) is 19.1 Å². The summed E-state index contributed by atoms with van der Waals surface area (Å²) >= 11 is 0. The number of guanidine groups is 1. The number of hydrogen-bond donors (Lipinski definition) is 2. The van der Waals surface area contributed by atoms with Crippen LogP contribution in [0.25, 0.3) is 0 Å². The van der Waals surface area contributed by atoms with Gasteiger partial charge in [-0.25, -0.2) is 0 Å². The molecule has 1 atom stereocenters. The molecule has 0 aliphatic carbocycles. The smallest absolute Gasteiger partial charge is 0.191 e. The molecule has 0 amide bonds. The number of ether oxygens (including phenoxy) is 1. The number of aliphatic imine (C=N–C) groups is 1. The Kier molecular flexibility index (Phi) is 10.1. The first-order chi connectivity index (χ1) is 11.7. The van der Waals surface area contributed by atoms with Crippen molar-refractivity contribution in [2.45, 2.75) is 25.8 Å². The number of hydrogen-bond acceptors (Lipinski definition) is 2. The molecule has 0 spiro atoms. The number of nitrogens with one attached hydrogen (secondary N) is 2. The molecular weight excluding hydrogens is 427 g/mol. The van der Waals surface area contributed by atoms with Crippen LogP contribution in [0.3, 0.4) is 0 Å². The normalized spacial score (nSPS) is 12.2. The van der Waals surface area contributed by atoms with E-state index in [0.29, 0.717) is 5.92 Å². The number of halogens is 1. The van der Waals surface area contributed by atoms with Gasteiger partial charge in [0.2, 0.25) is 0 Å². The van der Waals surface area contributed by atoms with Gasteiger partial charge >= 0.3 is 0 Å². The Morgan fingerprint density at radius 3 is 2.36 bits per heavy atom. The Morgan fingerprint density at radius 2 is 1.76 bits per heavy atom. The topological polar surface area (TPSA) is 50.6 Å². The highest BCUT2D eigenvalue weighted by molar-refractivity contribution is 14.0. The van der Waals surface area contributed by atoms with E-state index in [1.54, 1.807) is 14.2 Å². The number of rotatable bonds is 8. The van der Waals surface area contributed by atoms with Crippen LogP contribution in [0.4, 0.5) is 0 Å². The van der Waals surface area contributed by atoms with Crippen LogP contribution >= 0.6 is 24.0 Å². The third kappa shape index (κ3) is 7.37. The molecule has 0 fully saturated rings. The van der Waals surface area contributed by atoms with Gasteiger partial charge in [-0.3, -0.25) is 4.99 Å². The van der Waals surface area contributed by atoms with E-state index in [1.807, 2.05) is 24.3 Å². The van der Waals surface area contributed by atoms with E-state index in [0.717, 1.165) is 37.8 Å². The van der Waals surface area contributed by atoms with Gasteiger partial charge in [0.15, 0.2) is 5.96 Å². The average Bonchev–Trinajstić information content (AvgIpc) is 3.13. The third-order valence-corrected chi connectivity index (χ3v) is 4.11. The van der Waals surface area contributed by atoms with E-state index in [4.69, 9.17) is 4.74 Å². The van der Waals surface area contributed by atoms with Crippen LogP contribution in [-0.2, 0) is 6.54 Å². The minimum Gasteiger partial charge on any atom is -0.497 e. The van der Waals surface area contributed by atoms with Crippen LogP contribution in [0.2, 0.25) is 0 Å². The molecule has 5 nitrogen and oxygen atoms in total. The lowest BCUT2D eigenvalue weighted by Gasteiger charge is -2.15. The molecule has 1 aromatic heterocycles. The van der Waals surface area contributed by atoms with Crippen LogP contribution < -0.4 is 15.4 Å². The van der Waals surface area contributed by atoms with E-state index in [1.165, 1.54) is 5.56 Å². The quantitative estimate of drug-likeness (QED) is 0.364. The standard InChI is InChI=1S/C19H28N4O.HI/c1-16(17-6-8-18(24-3)9-7-17)10-11-21-19(20-2)22-12-15-23-13-4-5-14-23;/h4-9,13-14,16H,10-12,15H2,1-3H3,(H2,20,21,22);1H. The molecule has 2 rings (SSSR count). The summed E-state index contributed by atoms with van der Waals surface area (Å²) in [4.78, 5) is 4.27. The fraction of sp³-hybridized carbons (Fsp3) is 0.421. The molecule has 0 radical (unpaired) electrons. The minimum atomic E-state index is 0. The molecule has 1 heterocycles. The van der Waals surface area contributed by atoms with E-state index < -0.39 is 0 Å². The molecule has 1 aromatic carbocycles. The Bertz CT molecular complexity index is 611. The zero-order valence-corrected chi connectivity index (χ0v) is 17.6. The van der Waals surface area contributed by atoms with Crippen molar-refractivity contribution in [3.05, 3.63) is 54.4 Å². The number of benzene rings is 1. The maximum atomic E-state index is 5.20. The molecule has 2 aromatic rings. The fourth-order valence-corrected chi connectivity index (χ4v) is 2.55. The van der Waals surface area contributed by atoms with E-state index in [9.17, 15) is 0 Å². The highest BCUT2D eigenvalue weighted by Gasteiger charge is 2.06. The van der Waals surface area contributed by atoms with Gasteiger partial charge in [0, 0.05) is 39.1 Å². The lowest BCUT2D eigenvalue weighted by molar-refractivity contribution is 0.414. The number of nitrogens with zero attached hydrogens (tertiary/aromatic N) is 2. The lowest BCUT2D eigenvalue weighted by Crippen LogP contribution is -2.39. The highest BCUT2D eigenvalue weighted by Crippen LogP contribution is 2.21. The summed E-state index contributed by atoms with van der Waals surface area (Å²) in [5.41, 5.74) is 1.33. The molecule has 6 heteroatoms. The van der Waals surface area contributed by atoms with Crippen molar-refractivity contribution < 1.29 is 4.74 Å². The highest BCUT2D eigenvalue weighted by atomic mass is 127. The van der Waals surface area contributed by atoms with Gasteiger partial charge in [0.05, 0.1) is 7.11 Å². The van der Waals surface area contributed by atoms with Crippen LogP contribution in [0.5, 0.6) is 5.75 Å². The maximum absolute atomic E-state index is 5.20. The third-order valence-electron chi connectivity index (χ3n) is 4.11. The summed E-state index contributed by atoms with van der Waals surface area (Å²) in [6.45, 7) is 4.90. The van der Waals surface area contributed by atoms with Gasteiger partial charge in [0.1, 0.15) is 5.75 Å². The van der Waals surface area contributed by atoms with E-state index in [-0.39, 0.29) is 24.0 Å². The Labute approximate surface area is 167 Å². The molecule has 2 N–H and O–H groups in total. The number of methoxy groups -OCH3 is 1. The van der Waals surface area contributed by atoms with Crippen LogP contribution in [-0.4, -0.2) is 37.8 Å². The number of aromatic nitrogens is 1. The Balaban J connectivity index is 0.00000312. The fourth-order valence-electron chi connectivity index (χ4n) is 2.55. The predicted octanol–water partition coefficient (Wildman–Crippen LogP) is 3.47. The lowest BCUT2D eigenvalue weighted by atomic mass is 9.98. The van der Waals surface area contributed by atoms with Crippen LogP contribution in [0, 0.1) is 0 Å². The second kappa shape index (κ2) is 11.8. The van der Waals surface area contributed by atoms with Crippen molar-refractivity contribution in [1.29, 1.82) is 0 Å². The summed E-state index contributed by atoms with van der Waals surface area (Å²) < 4.78 is 7.35. The van der Waals surface area contributed by atoms with Crippen molar-refractivity contribution in [2.24, 2.45) is 4.99 Å². The summed E-state index contributed by atoms with van der Waals surface area (Å²) in [5, 5.41) is 6.72. The molecule has 0 saturated heterocycles. The van der Waals surface area contributed by atoms with E-state index in [2.05, 4.69) is 51.6 Å². The molecular formula is C19H29IN4O. The molecule has 0 bridgehead atoms. The van der Waals surface area contributed by atoms with Gasteiger partial charge < -0.3 is 19.9 Å². The summed E-state index contributed by atoms with van der Waals surface area (Å²) in [7, 11) is 3.50. The first-order valence-electron chi connectivity index (χ1n) is 8.42. The average molecular weight is 456 g/mol. The summed E-state index contributed by atoms with van der Waals surface area (Å²) in [6, 6.07) is 12.4. The minimum absolute atomic E-state index is 0. The molecule has 1 unspecified atom stereocenters. The van der Waals surface area contributed by atoms with Crippen molar-refractivity contribution in [2.75, 3.05) is 27.2 Å². The van der Waals surface area contributed by atoms with Gasteiger partial charge in [0.25, 0.3) is 0 Å². The molecule has 0 aliphatic rings. The van der Waals surface area contributed by atoms with Gasteiger partial charge in [-0.2, -0.15) is 0 Å². The predicted molar refractivity (Wildman–Crippen MR) is 115 cm³/mol. The summed E-state index contributed by atoms with van der Waals surface area (Å²) in [5.74, 6) is 2.24. The van der Waals surface area contributed by atoms with Crippen molar-refractivity contribution in [3.63, 3.8) is 0 Å². The maximum Gasteiger partial charge on any atom is 0.191 e. The Hall–Kier alpha value is -1.70. The molecule has 0 saturated carbocycles. The van der Waals surface area contributed by atoms with Crippen LogP contribution in [0.15, 0.2) is 53.8 Å². The van der Waals surface area contributed by atoms with Crippen LogP contribution in [0.1, 0.15) is 24.8 Å². The SMILES string of the molecule is CN=C(NCCC(C)c1ccc(OC)cc1)NCCn1cccc1.I. The van der Waals surface area contributed by atoms with Crippen molar-refractivity contribution in [3.8, 4) is 5.75 Å². The van der Waals surface area contributed by atoms with Gasteiger partial charge in [-0.05, 0) is 42.2 Å².